The Labute approximate surface area is 172 Å². The molecule has 2 aromatic rings. The highest BCUT2D eigenvalue weighted by molar-refractivity contribution is 6.20. The standard InChI is InChI=1S/C25H25N3O/c1-18-14-21(17-25(2,3)16-18)27-28-23(20-12-8-5-9-13-20)26-22(24(28)29)15-19-10-6-4-7-11-19/h4-13,15-16H,14,17H2,1-3H3. The van der Waals surface area contributed by atoms with Crippen LogP contribution >= 0.6 is 0 Å². The van der Waals surface area contributed by atoms with Gasteiger partial charge in [-0.2, -0.15) is 10.1 Å². The van der Waals surface area contributed by atoms with Crippen LogP contribution in [0.5, 0.6) is 0 Å². The summed E-state index contributed by atoms with van der Waals surface area (Å²) in [6.45, 7) is 6.52. The van der Waals surface area contributed by atoms with Crippen LogP contribution in [0.25, 0.3) is 6.08 Å². The third-order valence-corrected chi connectivity index (χ3v) is 4.99. The molecule has 0 fully saturated rings. The molecule has 2 aromatic carbocycles. The largest absolute Gasteiger partial charge is 0.298 e. The van der Waals surface area contributed by atoms with E-state index >= 15 is 0 Å². The molecule has 0 bridgehead atoms. The lowest BCUT2D eigenvalue weighted by molar-refractivity contribution is -0.122. The maximum Gasteiger partial charge on any atom is 0.298 e. The van der Waals surface area contributed by atoms with Gasteiger partial charge in [-0.05, 0) is 30.4 Å². The molecule has 4 nitrogen and oxygen atoms in total. The van der Waals surface area contributed by atoms with Crippen LogP contribution in [-0.2, 0) is 4.79 Å². The Morgan fingerprint density at radius 1 is 1.03 bits per heavy atom. The van der Waals surface area contributed by atoms with E-state index < -0.39 is 0 Å². The van der Waals surface area contributed by atoms with Gasteiger partial charge in [0.05, 0.1) is 0 Å². The van der Waals surface area contributed by atoms with Crippen LogP contribution in [0.1, 0.15) is 44.7 Å². The Kier molecular flexibility index (Phi) is 5.01. The summed E-state index contributed by atoms with van der Waals surface area (Å²) in [5, 5.41) is 6.28. The number of rotatable bonds is 3. The van der Waals surface area contributed by atoms with Gasteiger partial charge in [0.25, 0.3) is 5.91 Å². The SMILES string of the molecule is CC1=CC(C)(C)CC(=NN2C(=O)C(=Cc3ccccc3)N=C2c2ccccc2)C1. The molecule has 146 valence electrons. The van der Waals surface area contributed by atoms with Crippen LogP contribution in [0, 0.1) is 5.41 Å². The number of amides is 1. The molecular formula is C25H25N3O. The highest BCUT2D eigenvalue weighted by atomic mass is 16.2. The van der Waals surface area contributed by atoms with E-state index in [1.54, 1.807) is 0 Å². The van der Waals surface area contributed by atoms with Crippen LogP contribution in [0.3, 0.4) is 0 Å². The molecule has 1 amide bonds. The lowest BCUT2D eigenvalue weighted by Crippen LogP contribution is -2.31. The zero-order valence-corrected chi connectivity index (χ0v) is 17.1. The highest BCUT2D eigenvalue weighted by Gasteiger charge is 2.33. The smallest absolute Gasteiger partial charge is 0.265 e. The average Bonchev–Trinajstić information content (AvgIpc) is 2.97. The number of hydrazone groups is 1. The molecule has 0 saturated heterocycles. The summed E-state index contributed by atoms with van der Waals surface area (Å²) in [6.07, 6.45) is 5.73. The van der Waals surface area contributed by atoms with Crippen LogP contribution < -0.4 is 0 Å². The summed E-state index contributed by atoms with van der Waals surface area (Å²) in [6, 6.07) is 19.5. The van der Waals surface area contributed by atoms with Crippen molar-refractivity contribution in [1.29, 1.82) is 0 Å². The van der Waals surface area contributed by atoms with Crippen LogP contribution in [-0.4, -0.2) is 22.5 Å². The van der Waals surface area contributed by atoms with Crippen molar-refractivity contribution in [3.8, 4) is 0 Å². The van der Waals surface area contributed by atoms with Gasteiger partial charge in [-0.25, -0.2) is 4.99 Å². The van der Waals surface area contributed by atoms with Crippen LogP contribution in [0.15, 0.2) is 88.1 Å². The molecule has 4 heteroatoms. The summed E-state index contributed by atoms with van der Waals surface area (Å²) in [7, 11) is 0. The number of allylic oxidation sites excluding steroid dienone is 2. The lowest BCUT2D eigenvalue weighted by atomic mass is 9.79. The first-order valence-electron chi connectivity index (χ1n) is 9.91. The van der Waals surface area contributed by atoms with Gasteiger partial charge in [0, 0.05) is 17.7 Å². The van der Waals surface area contributed by atoms with Crippen molar-refractivity contribution < 1.29 is 4.79 Å². The molecule has 0 aromatic heterocycles. The van der Waals surface area contributed by atoms with Crippen molar-refractivity contribution in [2.75, 3.05) is 0 Å². The van der Waals surface area contributed by atoms with Gasteiger partial charge in [-0.15, -0.1) is 0 Å². The summed E-state index contributed by atoms with van der Waals surface area (Å²) in [5.74, 6) is 0.389. The molecule has 2 aliphatic rings. The second-order valence-corrected chi connectivity index (χ2v) is 8.36. The molecule has 1 aliphatic heterocycles. The van der Waals surface area contributed by atoms with Crippen LogP contribution in [0.2, 0.25) is 0 Å². The van der Waals surface area contributed by atoms with Crippen molar-refractivity contribution in [2.45, 2.75) is 33.6 Å². The van der Waals surface area contributed by atoms with Crippen LogP contribution in [0.4, 0.5) is 0 Å². The van der Waals surface area contributed by atoms with Gasteiger partial charge in [-0.3, -0.25) is 4.79 Å². The van der Waals surface area contributed by atoms with E-state index in [1.807, 2.05) is 66.7 Å². The molecule has 0 saturated carbocycles. The quantitative estimate of drug-likeness (QED) is 0.514. The molecule has 1 heterocycles. The fourth-order valence-electron chi connectivity index (χ4n) is 3.97. The number of amidine groups is 1. The lowest BCUT2D eigenvalue weighted by Gasteiger charge is -2.28. The van der Waals surface area contributed by atoms with E-state index in [2.05, 4.69) is 31.8 Å². The third-order valence-electron chi connectivity index (χ3n) is 4.99. The zero-order chi connectivity index (χ0) is 20.4. The minimum atomic E-state index is -0.190. The number of aliphatic imine (C=N–C) groups is 1. The Morgan fingerprint density at radius 2 is 1.69 bits per heavy atom. The third kappa shape index (κ3) is 4.27. The minimum absolute atomic E-state index is 0.0384. The Hall–Kier alpha value is -3.27. The van der Waals surface area contributed by atoms with Gasteiger partial charge in [-0.1, -0.05) is 86.2 Å². The summed E-state index contributed by atoms with van der Waals surface area (Å²) < 4.78 is 0. The van der Waals surface area contributed by atoms with E-state index in [-0.39, 0.29) is 11.3 Å². The first-order chi connectivity index (χ1) is 13.9. The second-order valence-electron chi connectivity index (χ2n) is 8.36. The number of carbonyl (C=O) groups is 1. The zero-order valence-electron chi connectivity index (χ0n) is 17.1. The maximum absolute atomic E-state index is 13.2. The Bertz CT molecular complexity index is 1040. The predicted octanol–water partition coefficient (Wildman–Crippen LogP) is 5.44. The van der Waals surface area contributed by atoms with Gasteiger partial charge < -0.3 is 0 Å². The number of carbonyl (C=O) groups excluding carboxylic acids is 1. The molecular weight excluding hydrogens is 358 g/mol. The maximum atomic E-state index is 13.2. The van der Waals surface area contributed by atoms with E-state index in [0.29, 0.717) is 11.5 Å². The molecule has 0 N–H and O–H groups in total. The molecule has 4 rings (SSSR count). The molecule has 0 radical (unpaired) electrons. The summed E-state index contributed by atoms with van der Waals surface area (Å²) in [4.78, 5) is 17.9. The minimum Gasteiger partial charge on any atom is -0.265 e. The summed E-state index contributed by atoms with van der Waals surface area (Å²) in [5.41, 5.74) is 4.55. The number of nitrogens with zero attached hydrogens (tertiary/aromatic N) is 3. The van der Waals surface area contributed by atoms with E-state index in [0.717, 1.165) is 29.7 Å². The Morgan fingerprint density at radius 3 is 2.34 bits per heavy atom. The molecule has 1 aliphatic carbocycles. The fourth-order valence-corrected chi connectivity index (χ4v) is 3.97. The highest BCUT2D eigenvalue weighted by Crippen LogP contribution is 2.32. The predicted molar refractivity (Wildman–Crippen MR) is 118 cm³/mol. The molecule has 29 heavy (non-hydrogen) atoms. The molecule has 0 spiro atoms. The van der Waals surface area contributed by atoms with Crippen molar-refractivity contribution in [3.05, 3.63) is 89.1 Å². The normalized spacial score (nSPS) is 21.5. The Balaban J connectivity index is 1.75. The topological polar surface area (TPSA) is 45.0 Å². The van der Waals surface area contributed by atoms with E-state index in [9.17, 15) is 4.79 Å². The number of hydrogen-bond donors (Lipinski definition) is 0. The van der Waals surface area contributed by atoms with Crippen molar-refractivity contribution in [1.82, 2.24) is 5.01 Å². The van der Waals surface area contributed by atoms with Crippen molar-refractivity contribution >= 4 is 23.5 Å². The monoisotopic (exact) mass is 383 g/mol. The van der Waals surface area contributed by atoms with E-state index in [1.165, 1.54) is 10.6 Å². The van der Waals surface area contributed by atoms with Gasteiger partial charge in [0.1, 0.15) is 5.70 Å². The van der Waals surface area contributed by atoms with Gasteiger partial charge in [0.2, 0.25) is 0 Å². The van der Waals surface area contributed by atoms with E-state index in [4.69, 9.17) is 5.10 Å². The number of hydrogen-bond acceptors (Lipinski definition) is 3. The number of benzene rings is 2. The van der Waals surface area contributed by atoms with Gasteiger partial charge >= 0.3 is 0 Å². The first kappa shape index (κ1) is 19.1. The fraction of sp³-hybridized carbons (Fsp3) is 0.240. The van der Waals surface area contributed by atoms with Crippen molar-refractivity contribution in [3.63, 3.8) is 0 Å². The second kappa shape index (κ2) is 7.63. The molecule has 0 unspecified atom stereocenters. The molecule has 0 atom stereocenters. The average molecular weight is 383 g/mol. The van der Waals surface area contributed by atoms with Crippen molar-refractivity contribution in [2.24, 2.45) is 15.5 Å². The first-order valence-corrected chi connectivity index (χ1v) is 9.91. The van der Waals surface area contributed by atoms with Gasteiger partial charge in [0.15, 0.2) is 5.84 Å². The summed E-state index contributed by atoms with van der Waals surface area (Å²) >= 11 is 0.